The van der Waals surface area contributed by atoms with Crippen LogP contribution < -0.4 is 15.4 Å². The summed E-state index contributed by atoms with van der Waals surface area (Å²) in [4.78, 5) is 22.4. The highest BCUT2D eigenvalue weighted by atomic mass is 16.5. The highest BCUT2D eigenvalue weighted by molar-refractivity contribution is 6.06. The van der Waals surface area contributed by atoms with Crippen molar-refractivity contribution in [3.05, 3.63) is 120 Å². The fourth-order valence-corrected chi connectivity index (χ4v) is 4.41. The number of benzene rings is 2. The van der Waals surface area contributed by atoms with E-state index in [1.165, 1.54) is 0 Å². The van der Waals surface area contributed by atoms with Gasteiger partial charge in [-0.25, -0.2) is 4.68 Å². The van der Waals surface area contributed by atoms with Crippen LogP contribution in [0, 0.1) is 0 Å². The third kappa shape index (κ3) is 4.64. The van der Waals surface area contributed by atoms with E-state index in [-0.39, 0.29) is 5.91 Å². The predicted octanol–water partition coefficient (Wildman–Crippen LogP) is 5.44. The number of aromatic nitrogens is 4. The van der Waals surface area contributed by atoms with E-state index in [0.29, 0.717) is 46.8 Å². The maximum absolute atomic E-state index is 13.7. The number of hydrogen-bond acceptors (Lipinski definition) is 7. The van der Waals surface area contributed by atoms with Crippen molar-refractivity contribution in [2.45, 2.75) is 19.6 Å². The van der Waals surface area contributed by atoms with Gasteiger partial charge >= 0.3 is 0 Å². The largest absolute Gasteiger partial charge is 0.489 e. The van der Waals surface area contributed by atoms with Crippen LogP contribution >= 0.6 is 0 Å². The molecule has 1 aliphatic rings. The molecular formula is C29H24N6O3. The SMILES string of the molecule is CC1=C(C(=O)Nc2cccnc2)C(c2cccc(OCc3ccccc3)c2)n2nc(-c3ccco3)nc2N1. The van der Waals surface area contributed by atoms with Gasteiger partial charge in [0.05, 0.1) is 23.7 Å². The molecular weight excluding hydrogens is 480 g/mol. The molecule has 3 aromatic heterocycles. The first-order valence-corrected chi connectivity index (χ1v) is 12.1. The fraction of sp³-hybridized carbons (Fsp3) is 0.103. The van der Waals surface area contributed by atoms with E-state index in [2.05, 4.69) is 20.6 Å². The molecule has 0 spiro atoms. The van der Waals surface area contributed by atoms with Gasteiger partial charge in [-0.05, 0) is 54.4 Å². The Morgan fingerprint density at radius 3 is 2.76 bits per heavy atom. The molecule has 0 saturated carbocycles. The summed E-state index contributed by atoms with van der Waals surface area (Å²) in [5, 5.41) is 10.9. The minimum Gasteiger partial charge on any atom is -0.489 e. The number of nitrogens with zero attached hydrogens (tertiary/aromatic N) is 4. The van der Waals surface area contributed by atoms with E-state index in [1.807, 2.05) is 61.5 Å². The third-order valence-electron chi connectivity index (χ3n) is 6.18. The van der Waals surface area contributed by atoms with Crippen LogP contribution in [0.3, 0.4) is 0 Å². The summed E-state index contributed by atoms with van der Waals surface area (Å²) in [6, 6.07) is 24.2. The molecule has 38 heavy (non-hydrogen) atoms. The number of allylic oxidation sites excluding steroid dienone is 1. The molecule has 6 rings (SSSR count). The number of rotatable bonds is 7. The molecule has 5 aromatic rings. The summed E-state index contributed by atoms with van der Waals surface area (Å²) in [6.07, 6.45) is 4.83. The molecule has 1 unspecified atom stereocenters. The molecule has 0 radical (unpaired) electrons. The van der Waals surface area contributed by atoms with E-state index >= 15 is 0 Å². The van der Waals surface area contributed by atoms with Gasteiger partial charge in [0.25, 0.3) is 5.91 Å². The molecule has 1 atom stereocenters. The first kappa shape index (κ1) is 23.2. The summed E-state index contributed by atoms with van der Waals surface area (Å²) in [6.45, 7) is 2.28. The second kappa shape index (κ2) is 10.1. The minimum atomic E-state index is -0.570. The number of amides is 1. The molecule has 0 aliphatic carbocycles. The molecule has 4 heterocycles. The highest BCUT2D eigenvalue weighted by Crippen LogP contribution is 2.38. The van der Waals surface area contributed by atoms with Crippen molar-refractivity contribution in [1.29, 1.82) is 0 Å². The molecule has 1 amide bonds. The van der Waals surface area contributed by atoms with Gasteiger partial charge in [-0.15, -0.1) is 5.10 Å². The minimum absolute atomic E-state index is 0.274. The predicted molar refractivity (Wildman–Crippen MR) is 142 cm³/mol. The van der Waals surface area contributed by atoms with Crippen LogP contribution in [0.15, 0.2) is 113 Å². The number of nitrogens with one attached hydrogen (secondary N) is 2. The molecule has 2 aromatic carbocycles. The number of anilines is 2. The van der Waals surface area contributed by atoms with Crippen LogP contribution in [0.4, 0.5) is 11.6 Å². The lowest BCUT2D eigenvalue weighted by molar-refractivity contribution is -0.113. The smallest absolute Gasteiger partial charge is 0.255 e. The van der Waals surface area contributed by atoms with Gasteiger partial charge in [-0.2, -0.15) is 4.98 Å². The Balaban J connectivity index is 1.39. The number of furan rings is 1. The normalized spacial score (nSPS) is 14.5. The zero-order chi connectivity index (χ0) is 25.9. The van der Waals surface area contributed by atoms with Gasteiger partial charge < -0.3 is 19.8 Å². The lowest BCUT2D eigenvalue weighted by Crippen LogP contribution is -2.31. The zero-order valence-electron chi connectivity index (χ0n) is 20.5. The molecule has 0 bridgehead atoms. The number of pyridine rings is 1. The lowest BCUT2D eigenvalue weighted by Gasteiger charge is -2.29. The van der Waals surface area contributed by atoms with Crippen LogP contribution in [0.25, 0.3) is 11.6 Å². The molecule has 1 aliphatic heterocycles. The average molecular weight is 505 g/mol. The van der Waals surface area contributed by atoms with Crippen LogP contribution in [0.1, 0.15) is 24.1 Å². The highest BCUT2D eigenvalue weighted by Gasteiger charge is 2.35. The summed E-state index contributed by atoms with van der Waals surface area (Å²) < 4.78 is 13.3. The van der Waals surface area contributed by atoms with Gasteiger partial charge in [-0.1, -0.05) is 42.5 Å². The zero-order valence-corrected chi connectivity index (χ0v) is 20.5. The van der Waals surface area contributed by atoms with Gasteiger partial charge in [0.1, 0.15) is 18.4 Å². The average Bonchev–Trinajstić information content (AvgIpc) is 3.63. The van der Waals surface area contributed by atoms with E-state index < -0.39 is 6.04 Å². The summed E-state index contributed by atoms with van der Waals surface area (Å²) in [5.74, 6) is 1.87. The molecule has 0 fully saturated rings. The van der Waals surface area contributed by atoms with E-state index in [9.17, 15) is 4.79 Å². The first-order chi connectivity index (χ1) is 18.7. The van der Waals surface area contributed by atoms with Gasteiger partial charge in [0, 0.05) is 11.9 Å². The van der Waals surface area contributed by atoms with Gasteiger partial charge in [0.15, 0.2) is 5.76 Å². The topological polar surface area (TPSA) is 107 Å². The second-order valence-electron chi connectivity index (χ2n) is 8.79. The fourth-order valence-electron chi connectivity index (χ4n) is 4.41. The van der Waals surface area contributed by atoms with Crippen molar-refractivity contribution < 1.29 is 13.9 Å². The monoisotopic (exact) mass is 504 g/mol. The Bertz CT molecular complexity index is 1590. The van der Waals surface area contributed by atoms with E-state index in [0.717, 1.165) is 11.1 Å². The Morgan fingerprint density at radius 2 is 1.97 bits per heavy atom. The van der Waals surface area contributed by atoms with Gasteiger partial charge in [-0.3, -0.25) is 9.78 Å². The third-order valence-corrected chi connectivity index (χ3v) is 6.18. The van der Waals surface area contributed by atoms with Crippen molar-refractivity contribution in [2.75, 3.05) is 10.6 Å². The van der Waals surface area contributed by atoms with Crippen LogP contribution in [-0.4, -0.2) is 25.7 Å². The maximum Gasteiger partial charge on any atom is 0.255 e. The van der Waals surface area contributed by atoms with E-state index in [1.54, 1.807) is 47.6 Å². The van der Waals surface area contributed by atoms with Crippen LogP contribution in [0.5, 0.6) is 5.75 Å². The number of ether oxygens (including phenoxy) is 1. The van der Waals surface area contributed by atoms with E-state index in [4.69, 9.17) is 14.3 Å². The molecule has 9 heteroatoms. The van der Waals surface area contributed by atoms with Crippen LogP contribution in [0.2, 0.25) is 0 Å². The van der Waals surface area contributed by atoms with Crippen molar-refractivity contribution in [3.63, 3.8) is 0 Å². The van der Waals surface area contributed by atoms with Crippen molar-refractivity contribution >= 4 is 17.5 Å². The molecule has 2 N–H and O–H groups in total. The molecule has 9 nitrogen and oxygen atoms in total. The number of carbonyl (C=O) groups excluding carboxylic acids is 1. The summed E-state index contributed by atoms with van der Waals surface area (Å²) >= 11 is 0. The van der Waals surface area contributed by atoms with Crippen molar-refractivity contribution in [1.82, 2.24) is 19.7 Å². The number of hydrogen-bond donors (Lipinski definition) is 2. The Hall–Kier alpha value is -5.18. The standard InChI is InChI=1S/C29H24N6O3/c1-19-25(28(36)32-22-11-6-14-30-17-22)26(35-29(31-19)33-27(34-35)24-13-7-15-37-24)21-10-5-12-23(16-21)38-18-20-8-3-2-4-9-20/h2-17,26H,18H2,1H3,(H,32,36)(H,31,33,34). The van der Waals surface area contributed by atoms with Crippen molar-refractivity contribution in [2.24, 2.45) is 0 Å². The summed E-state index contributed by atoms with van der Waals surface area (Å²) in [5.41, 5.74) is 3.64. The lowest BCUT2D eigenvalue weighted by atomic mass is 9.95. The Kier molecular flexibility index (Phi) is 6.15. The molecule has 0 saturated heterocycles. The van der Waals surface area contributed by atoms with Crippen molar-refractivity contribution in [3.8, 4) is 17.3 Å². The number of carbonyl (C=O) groups is 1. The van der Waals surface area contributed by atoms with Crippen LogP contribution in [-0.2, 0) is 11.4 Å². The second-order valence-corrected chi connectivity index (χ2v) is 8.79. The maximum atomic E-state index is 13.7. The summed E-state index contributed by atoms with van der Waals surface area (Å²) in [7, 11) is 0. The first-order valence-electron chi connectivity index (χ1n) is 12.1. The quantitative estimate of drug-likeness (QED) is 0.304. The van der Waals surface area contributed by atoms with Gasteiger partial charge in [0.2, 0.25) is 11.8 Å². The Morgan fingerprint density at radius 1 is 1.08 bits per heavy atom. The molecule has 188 valence electrons. The number of fused-ring (bicyclic) bond motifs is 1. The Labute approximate surface area is 218 Å².